The molecule has 0 fully saturated rings. The van der Waals surface area contributed by atoms with E-state index < -0.39 is 5.97 Å². The number of aromatic amines is 1. The number of hydrogen-bond donors (Lipinski definition) is 2. The highest BCUT2D eigenvalue weighted by molar-refractivity contribution is 9.10. The highest BCUT2D eigenvalue weighted by atomic mass is 79.9. The van der Waals surface area contributed by atoms with E-state index in [1.54, 1.807) is 6.07 Å². The number of carboxylic acids is 1. The molecule has 3 nitrogen and oxygen atoms in total. The van der Waals surface area contributed by atoms with Gasteiger partial charge >= 0.3 is 5.97 Å². The lowest BCUT2D eigenvalue weighted by atomic mass is 10.1. The zero-order valence-electron chi connectivity index (χ0n) is 7.55. The highest BCUT2D eigenvalue weighted by Gasteiger charge is 2.12. The Labute approximate surface area is 93.0 Å². The van der Waals surface area contributed by atoms with Gasteiger partial charge in [0.15, 0.2) is 0 Å². The molecule has 1 aromatic carbocycles. The van der Waals surface area contributed by atoms with Crippen LogP contribution in [-0.2, 0) is 11.2 Å². The standard InChI is InChI=1S/C10H7BrFNO2/c11-10-7(4-9(14)15)6-2-1-5(12)3-8(6)13-10/h1-3,13H,4H2,(H,14,15). The predicted octanol–water partition coefficient (Wildman–Crippen LogP) is 2.70. The number of aromatic nitrogens is 1. The Balaban J connectivity index is 2.63. The summed E-state index contributed by atoms with van der Waals surface area (Å²) < 4.78 is 13.5. The summed E-state index contributed by atoms with van der Waals surface area (Å²) in [5, 5.41) is 9.44. The summed E-state index contributed by atoms with van der Waals surface area (Å²) >= 11 is 3.22. The average molecular weight is 272 g/mol. The van der Waals surface area contributed by atoms with E-state index in [0.29, 0.717) is 15.7 Å². The monoisotopic (exact) mass is 271 g/mol. The van der Waals surface area contributed by atoms with Gasteiger partial charge in [-0.15, -0.1) is 0 Å². The molecule has 0 atom stereocenters. The molecule has 0 aliphatic heterocycles. The molecule has 2 aromatic rings. The van der Waals surface area contributed by atoms with E-state index in [1.807, 2.05) is 0 Å². The van der Waals surface area contributed by atoms with E-state index in [1.165, 1.54) is 12.1 Å². The normalized spacial score (nSPS) is 10.8. The van der Waals surface area contributed by atoms with Crippen molar-refractivity contribution in [1.29, 1.82) is 0 Å². The number of carboxylic acid groups (broad SMARTS) is 1. The highest BCUT2D eigenvalue weighted by Crippen LogP contribution is 2.27. The van der Waals surface area contributed by atoms with Crippen molar-refractivity contribution in [3.8, 4) is 0 Å². The molecule has 0 unspecified atom stereocenters. The molecule has 78 valence electrons. The van der Waals surface area contributed by atoms with Crippen molar-refractivity contribution in [2.75, 3.05) is 0 Å². The molecule has 2 N–H and O–H groups in total. The lowest BCUT2D eigenvalue weighted by molar-refractivity contribution is -0.136. The molecule has 15 heavy (non-hydrogen) atoms. The number of aliphatic carboxylic acids is 1. The van der Waals surface area contributed by atoms with E-state index in [-0.39, 0.29) is 12.2 Å². The molecule has 0 bridgehead atoms. The molecule has 5 heteroatoms. The quantitative estimate of drug-likeness (QED) is 0.883. The number of halogens is 2. The minimum atomic E-state index is -0.916. The van der Waals surface area contributed by atoms with E-state index in [2.05, 4.69) is 20.9 Å². The lowest BCUT2D eigenvalue weighted by Crippen LogP contribution is -1.99. The predicted molar refractivity (Wildman–Crippen MR) is 57.3 cm³/mol. The van der Waals surface area contributed by atoms with Crippen molar-refractivity contribution in [2.45, 2.75) is 6.42 Å². The fraction of sp³-hybridized carbons (Fsp3) is 0.100. The smallest absolute Gasteiger partial charge is 0.307 e. The molecule has 0 aliphatic rings. The number of rotatable bonds is 2. The Morgan fingerprint density at radius 3 is 2.93 bits per heavy atom. The lowest BCUT2D eigenvalue weighted by Gasteiger charge is -1.95. The Hall–Kier alpha value is -1.36. The van der Waals surface area contributed by atoms with Crippen molar-refractivity contribution in [3.63, 3.8) is 0 Å². The topological polar surface area (TPSA) is 53.1 Å². The number of H-pyrrole nitrogens is 1. The van der Waals surface area contributed by atoms with Gasteiger partial charge in [-0.25, -0.2) is 4.39 Å². The van der Waals surface area contributed by atoms with Gasteiger partial charge in [0.2, 0.25) is 0 Å². The molecule has 2 rings (SSSR count). The van der Waals surface area contributed by atoms with Gasteiger partial charge in [-0.05, 0) is 34.1 Å². The van der Waals surface area contributed by atoms with Crippen LogP contribution in [0.25, 0.3) is 10.9 Å². The van der Waals surface area contributed by atoms with Gasteiger partial charge in [0.1, 0.15) is 5.82 Å². The molecule has 0 amide bonds. The first-order valence-electron chi connectivity index (χ1n) is 4.25. The Morgan fingerprint density at radius 1 is 1.53 bits per heavy atom. The van der Waals surface area contributed by atoms with Gasteiger partial charge < -0.3 is 10.1 Å². The molecule has 0 aliphatic carbocycles. The maximum atomic E-state index is 12.9. The van der Waals surface area contributed by atoms with Crippen LogP contribution in [0.15, 0.2) is 22.8 Å². The number of hydrogen-bond acceptors (Lipinski definition) is 1. The van der Waals surface area contributed by atoms with Crippen LogP contribution < -0.4 is 0 Å². The van der Waals surface area contributed by atoms with Crippen molar-refractivity contribution >= 4 is 32.8 Å². The molecule has 0 spiro atoms. The molecule has 1 aromatic heterocycles. The second-order valence-electron chi connectivity index (χ2n) is 3.18. The van der Waals surface area contributed by atoms with Crippen LogP contribution in [-0.4, -0.2) is 16.1 Å². The number of benzene rings is 1. The first kappa shape index (κ1) is 10.2. The van der Waals surface area contributed by atoms with Gasteiger partial charge in [0, 0.05) is 16.5 Å². The van der Waals surface area contributed by atoms with Crippen LogP contribution in [0.5, 0.6) is 0 Å². The van der Waals surface area contributed by atoms with Crippen LogP contribution in [0.4, 0.5) is 4.39 Å². The average Bonchev–Trinajstić information content (AvgIpc) is 2.41. The first-order chi connectivity index (χ1) is 7.08. The summed E-state index contributed by atoms with van der Waals surface area (Å²) in [6, 6.07) is 4.23. The van der Waals surface area contributed by atoms with Gasteiger partial charge in [0.25, 0.3) is 0 Å². The van der Waals surface area contributed by atoms with E-state index in [0.717, 1.165) is 5.39 Å². The van der Waals surface area contributed by atoms with Crippen molar-refractivity contribution < 1.29 is 14.3 Å². The van der Waals surface area contributed by atoms with Gasteiger partial charge in [-0.2, -0.15) is 0 Å². The third-order valence-electron chi connectivity index (χ3n) is 2.14. The fourth-order valence-corrected chi connectivity index (χ4v) is 2.09. The van der Waals surface area contributed by atoms with Gasteiger partial charge in [0.05, 0.1) is 11.0 Å². The zero-order valence-corrected chi connectivity index (χ0v) is 9.14. The zero-order chi connectivity index (χ0) is 11.0. The molecular weight excluding hydrogens is 265 g/mol. The maximum Gasteiger partial charge on any atom is 0.307 e. The van der Waals surface area contributed by atoms with Gasteiger partial charge in [-0.3, -0.25) is 4.79 Å². The summed E-state index contributed by atoms with van der Waals surface area (Å²) in [5.74, 6) is -1.26. The summed E-state index contributed by atoms with van der Waals surface area (Å²) in [7, 11) is 0. The van der Waals surface area contributed by atoms with Crippen LogP contribution in [0.1, 0.15) is 5.56 Å². The Morgan fingerprint density at radius 2 is 2.27 bits per heavy atom. The third-order valence-corrected chi connectivity index (χ3v) is 2.82. The minimum Gasteiger partial charge on any atom is -0.481 e. The maximum absolute atomic E-state index is 12.9. The summed E-state index contributed by atoms with van der Waals surface area (Å²) in [4.78, 5) is 13.5. The second-order valence-corrected chi connectivity index (χ2v) is 3.97. The number of nitrogens with one attached hydrogen (secondary N) is 1. The van der Waals surface area contributed by atoms with Crippen LogP contribution in [0.2, 0.25) is 0 Å². The molecule has 0 saturated carbocycles. The van der Waals surface area contributed by atoms with Crippen molar-refractivity contribution in [2.24, 2.45) is 0 Å². The van der Waals surface area contributed by atoms with Crippen LogP contribution in [0, 0.1) is 5.82 Å². The molecule has 0 saturated heterocycles. The van der Waals surface area contributed by atoms with Gasteiger partial charge in [-0.1, -0.05) is 0 Å². The van der Waals surface area contributed by atoms with Crippen LogP contribution in [0.3, 0.4) is 0 Å². The number of fused-ring (bicyclic) bond motifs is 1. The van der Waals surface area contributed by atoms with E-state index in [4.69, 9.17) is 5.11 Å². The Bertz CT molecular complexity index is 535. The fourth-order valence-electron chi connectivity index (χ4n) is 1.52. The SMILES string of the molecule is O=C(O)Cc1c(Br)[nH]c2cc(F)ccc12. The van der Waals surface area contributed by atoms with Crippen LogP contribution >= 0.6 is 15.9 Å². The van der Waals surface area contributed by atoms with E-state index in [9.17, 15) is 9.18 Å². The third kappa shape index (κ3) is 1.87. The second kappa shape index (κ2) is 3.66. The van der Waals surface area contributed by atoms with Crippen molar-refractivity contribution in [3.05, 3.63) is 34.2 Å². The van der Waals surface area contributed by atoms with Crippen molar-refractivity contribution in [1.82, 2.24) is 4.98 Å². The molecular formula is C10H7BrFNO2. The largest absolute Gasteiger partial charge is 0.481 e. The number of carbonyl (C=O) groups is 1. The first-order valence-corrected chi connectivity index (χ1v) is 5.04. The minimum absolute atomic E-state index is 0.0911. The van der Waals surface area contributed by atoms with E-state index >= 15 is 0 Å². The molecule has 1 heterocycles. The summed E-state index contributed by atoms with van der Waals surface area (Å²) in [5.41, 5.74) is 1.23. The molecule has 0 radical (unpaired) electrons. The summed E-state index contributed by atoms with van der Waals surface area (Å²) in [6.45, 7) is 0. The Kier molecular flexibility index (Phi) is 2.48. The summed E-state index contributed by atoms with van der Waals surface area (Å²) in [6.07, 6.45) is -0.0911.